The van der Waals surface area contributed by atoms with Crippen LogP contribution in [0.15, 0.2) is 30.6 Å². The molecule has 0 radical (unpaired) electrons. The van der Waals surface area contributed by atoms with Crippen LogP contribution in [0.3, 0.4) is 0 Å². The number of carboxylic acids is 1. The van der Waals surface area contributed by atoms with Crippen LogP contribution < -0.4 is 4.74 Å². The third-order valence-corrected chi connectivity index (χ3v) is 4.28. The number of nitrogens with zero attached hydrogens (tertiary/aromatic N) is 3. The van der Waals surface area contributed by atoms with Gasteiger partial charge in [-0.25, -0.2) is 4.98 Å². The number of fused-ring (bicyclic) bond motifs is 1. The summed E-state index contributed by atoms with van der Waals surface area (Å²) in [7, 11) is 0. The van der Waals surface area contributed by atoms with Crippen molar-refractivity contribution in [1.29, 1.82) is 0 Å². The lowest BCUT2D eigenvalue weighted by Gasteiger charge is -2.07. The second-order valence-electron chi connectivity index (χ2n) is 4.95. The fourth-order valence-corrected chi connectivity index (χ4v) is 3.27. The van der Waals surface area contributed by atoms with Gasteiger partial charge in [-0.3, -0.25) is 19.3 Å². The summed E-state index contributed by atoms with van der Waals surface area (Å²) in [6.45, 7) is 2.25. The highest BCUT2D eigenvalue weighted by Gasteiger charge is 2.17. The Bertz CT molecular complexity index is 899. The minimum Gasteiger partial charge on any atom is -0.493 e. The van der Waals surface area contributed by atoms with Crippen LogP contribution in [0.2, 0.25) is 0 Å². The number of nitro benzene ring substituents is 1. The van der Waals surface area contributed by atoms with E-state index in [1.165, 1.54) is 23.5 Å². The van der Waals surface area contributed by atoms with Crippen LogP contribution in [0.4, 0.5) is 5.69 Å². The molecule has 24 heavy (non-hydrogen) atoms. The van der Waals surface area contributed by atoms with E-state index < -0.39 is 10.9 Å². The molecular formula is C15H13N3O5S. The number of aromatic nitrogens is 2. The van der Waals surface area contributed by atoms with Crippen LogP contribution >= 0.6 is 11.3 Å². The van der Waals surface area contributed by atoms with Crippen LogP contribution in [0, 0.1) is 10.1 Å². The zero-order chi connectivity index (χ0) is 17.3. The number of thiazole rings is 1. The molecule has 2 aromatic heterocycles. The molecular weight excluding hydrogens is 334 g/mol. The lowest BCUT2D eigenvalue weighted by molar-refractivity contribution is -0.384. The number of rotatable bonds is 6. The van der Waals surface area contributed by atoms with Gasteiger partial charge < -0.3 is 9.84 Å². The average Bonchev–Trinajstić information content (AvgIpc) is 3.05. The van der Waals surface area contributed by atoms with Gasteiger partial charge in [0.25, 0.3) is 5.69 Å². The van der Waals surface area contributed by atoms with Gasteiger partial charge in [-0.05, 0) is 13.0 Å². The number of benzene rings is 1. The molecule has 0 aliphatic carbocycles. The predicted octanol–water partition coefficient (Wildman–Crippen LogP) is 3.00. The SMILES string of the molecule is CCOc1ccc([N+](=O)[O-])cc1-c1cn2cc(CC(=O)O)sc2n1. The molecule has 1 aromatic carbocycles. The number of imidazole rings is 1. The van der Waals surface area contributed by atoms with Crippen LogP contribution in [0.25, 0.3) is 16.2 Å². The van der Waals surface area contributed by atoms with E-state index in [2.05, 4.69) is 4.98 Å². The number of ether oxygens (including phenoxy) is 1. The van der Waals surface area contributed by atoms with E-state index >= 15 is 0 Å². The Labute approximate surface area is 140 Å². The number of carboxylic acid groups (broad SMARTS) is 1. The van der Waals surface area contributed by atoms with Crippen molar-refractivity contribution in [2.45, 2.75) is 13.3 Å². The first kappa shape index (κ1) is 15.9. The molecule has 3 rings (SSSR count). The minimum absolute atomic E-state index is 0.0450. The molecule has 0 amide bonds. The average molecular weight is 347 g/mol. The smallest absolute Gasteiger partial charge is 0.308 e. The van der Waals surface area contributed by atoms with E-state index in [1.807, 2.05) is 6.92 Å². The van der Waals surface area contributed by atoms with E-state index in [0.29, 0.717) is 33.5 Å². The van der Waals surface area contributed by atoms with Gasteiger partial charge >= 0.3 is 5.97 Å². The summed E-state index contributed by atoms with van der Waals surface area (Å²) < 4.78 is 7.24. The number of hydrogen-bond acceptors (Lipinski definition) is 6. The molecule has 0 saturated carbocycles. The van der Waals surface area contributed by atoms with Gasteiger partial charge in [0, 0.05) is 29.4 Å². The molecule has 0 unspecified atom stereocenters. The zero-order valence-electron chi connectivity index (χ0n) is 12.6. The second kappa shape index (κ2) is 6.28. The molecule has 0 aliphatic heterocycles. The standard InChI is InChI=1S/C15H13N3O5S/c1-2-23-13-4-3-9(18(21)22)5-11(13)12-8-17-7-10(6-14(19)20)24-15(17)16-12/h3-5,7-8H,2,6H2,1H3,(H,19,20). The Hall–Kier alpha value is -2.94. The van der Waals surface area contributed by atoms with Gasteiger partial charge in [-0.2, -0.15) is 0 Å². The normalized spacial score (nSPS) is 10.9. The summed E-state index contributed by atoms with van der Waals surface area (Å²) in [6.07, 6.45) is 3.34. The van der Waals surface area contributed by atoms with Crippen molar-refractivity contribution in [3.8, 4) is 17.0 Å². The number of non-ortho nitro benzene ring substituents is 1. The van der Waals surface area contributed by atoms with Gasteiger partial charge in [-0.15, -0.1) is 11.3 Å². The monoisotopic (exact) mass is 347 g/mol. The van der Waals surface area contributed by atoms with E-state index in [0.717, 1.165) is 0 Å². The summed E-state index contributed by atoms with van der Waals surface area (Å²) >= 11 is 1.27. The highest BCUT2D eigenvalue weighted by Crippen LogP contribution is 2.34. The van der Waals surface area contributed by atoms with Gasteiger partial charge in [0.15, 0.2) is 4.96 Å². The molecule has 0 bridgehead atoms. The van der Waals surface area contributed by atoms with Gasteiger partial charge in [0.05, 0.1) is 29.2 Å². The first-order valence-corrected chi connectivity index (χ1v) is 7.90. The molecule has 0 atom stereocenters. The lowest BCUT2D eigenvalue weighted by Crippen LogP contribution is -1.97. The molecule has 3 aromatic rings. The molecule has 124 valence electrons. The van der Waals surface area contributed by atoms with Gasteiger partial charge in [0.1, 0.15) is 5.75 Å². The zero-order valence-corrected chi connectivity index (χ0v) is 13.4. The van der Waals surface area contributed by atoms with Crippen molar-refractivity contribution in [3.05, 3.63) is 45.6 Å². The first-order chi connectivity index (χ1) is 11.5. The number of hydrogen-bond donors (Lipinski definition) is 1. The largest absolute Gasteiger partial charge is 0.493 e. The van der Waals surface area contributed by atoms with Crippen molar-refractivity contribution in [1.82, 2.24) is 9.38 Å². The topological polar surface area (TPSA) is 107 Å². The Balaban J connectivity index is 2.05. The Kier molecular flexibility index (Phi) is 4.17. The highest BCUT2D eigenvalue weighted by molar-refractivity contribution is 7.17. The van der Waals surface area contributed by atoms with Crippen molar-refractivity contribution < 1.29 is 19.6 Å². The summed E-state index contributed by atoms with van der Waals surface area (Å²) in [5.41, 5.74) is 1.02. The van der Waals surface area contributed by atoms with Crippen molar-refractivity contribution in [2.24, 2.45) is 0 Å². The lowest BCUT2D eigenvalue weighted by atomic mass is 10.1. The summed E-state index contributed by atoms with van der Waals surface area (Å²) in [6, 6.07) is 4.37. The molecule has 1 N–H and O–H groups in total. The number of aliphatic carboxylic acids is 1. The Morgan fingerprint density at radius 3 is 2.88 bits per heavy atom. The Morgan fingerprint density at radius 2 is 2.25 bits per heavy atom. The van der Waals surface area contributed by atoms with Crippen LogP contribution in [-0.2, 0) is 11.2 Å². The third kappa shape index (κ3) is 3.06. The highest BCUT2D eigenvalue weighted by atomic mass is 32.1. The van der Waals surface area contributed by atoms with Crippen LogP contribution in [0.5, 0.6) is 5.75 Å². The van der Waals surface area contributed by atoms with Gasteiger partial charge in [0.2, 0.25) is 0 Å². The molecule has 0 aliphatic rings. The quantitative estimate of drug-likeness (QED) is 0.542. The summed E-state index contributed by atoms with van der Waals surface area (Å²) in [5.74, 6) is -0.392. The molecule has 0 saturated heterocycles. The fourth-order valence-electron chi connectivity index (χ4n) is 2.32. The van der Waals surface area contributed by atoms with Crippen LogP contribution in [0.1, 0.15) is 11.8 Å². The predicted molar refractivity (Wildman–Crippen MR) is 87.7 cm³/mol. The maximum Gasteiger partial charge on any atom is 0.308 e. The number of carbonyl (C=O) groups is 1. The molecule has 8 nitrogen and oxygen atoms in total. The molecule has 0 spiro atoms. The summed E-state index contributed by atoms with van der Waals surface area (Å²) in [4.78, 5) is 27.1. The maximum atomic E-state index is 11.0. The van der Waals surface area contributed by atoms with Crippen molar-refractivity contribution in [2.75, 3.05) is 6.61 Å². The number of nitro groups is 1. The van der Waals surface area contributed by atoms with E-state index in [4.69, 9.17) is 9.84 Å². The fraction of sp³-hybridized carbons (Fsp3) is 0.200. The minimum atomic E-state index is -0.906. The first-order valence-electron chi connectivity index (χ1n) is 7.08. The van der Waals surface area contributed by atoms with Crippen molar-refractivity contribution in [3.63, 3.8) is 0 Å². The van der Waals surface area contributed by atoms with Crippen LogP contribution in [-0.4, -0.2) is 32.0 Å². The van der Waals surface area contributed by atoms with E-state index in [-0.39, 0.29) is 12.1 Å². The maximum absolute atomic E-state index is 11.0. The van der Waals surface area contributed by atoms with E-state index in [9.17, 15) is 14.9 Å². The second-order valence-corrected chi connectivity index (χ2v) is 6.05. The van der Waals surface area contributed by atoms with Crippen molar-refractivity contribution >= 4 is 28.0 Å². The summed E-state index contributed by atoms with van der Waals surface area (Å²) in [5, 5.41) is 19.8. The molecule has 9 heteroatoms. The van der Waals surface area contributed by atoms with Gasteiger partial charge in [-0.1, -0.05) is 0 Å². The molecule has 0 fully saturated rings. The Morgan fingerprint density at radius 1 is 1.46 bits per heavy atom. The molecule has 2 heterocycles. The third-order valence-electron chi connectivity index (χ3n) is 3.28. The van der Waals surface area contributed by atoms with E-state index in [1.54, 1.807) is 22.9 Å².